The smallest absolute Gasteiger partial charge is 0.250 e. The number of hydrogen-bond donors (Lipinski definition) is 0. The van der Waals surface area contributed by atoms with E-state index in [1.54, 1.807) is 26.4 Å². The van der Waals surface area contributed by atoms with Crippen molar-refractivity contribution in [1.29, 1.82) is 0 Å². The molecule has 0 bridgehead atoms. The van der Waals surface area contributed by atoms with E-state index in [-0.39, 0.29) is 18.5 Å². The summed E-state index contributed by atoms with van der Waals surface area (Å²) in [5, 5.41) is 12.5. The van der Waals surface area contributed by atoms with Crippen LogP contribution >= 0.6 is 0 Å². The molecule has 8 nitrogen and oxygen atoms in total. The Hall–Kier alpha value is -3.42. The highest BCUT2D eigenvalue weighted by Gasteiger charge is 2.30. The van der Waals surface area contributed by atoms with Gasteiger partial charge in [-0.3, -0.25) is 4.79 Å². The van der Waals surface area contributed by atoms with Crippen LogP contribution in [0.3, 0.4) is 0 Å². The van der Waals surface area contributed by atoms with Crippen molar-refractivity contribution in [3.8, 4) is 22.9 Å². The lowest BCUT2D eigenvalue weighted by atomic mass is 10.1. The summed E-state index contributed by atoms with van der Waals surface area (Å²) in [4.78, 5) is 16.0. The van der Waals surface area contributed by atoms with Crippen LogP contribution in [-0.4, -0.2) is 46.4 Å². The van der Waals surface area contributed by atoms with Crippen molar-refractivity contribution in [2.24, 2.45) is 0 Å². The number of hydrogen-bond acceptors (Lipinski definition) is 6. The Morgan fingerprint density at radius 1 is 1.14 bits per heavy atom. The molecule has 1 amide bonds. The molecule has 4 rings (SSSR count). The molecule has 0 spiro atoms. The van der Waals surface area contributed by atoms with Gasteiger partial charge in [-0.15, -0.1) is 10.2 Å². The second-order valence-corrected chi connectivity index (χ2v) is 6.66. The quantitative estimate of drug-likeness (QED) is 0.677. The lowest BCUT2D eigenvalue weighted by Crippen LogP contribution is -2.38. The minimum absolute atomic E-state index is 0.0267. The van der Waals surface area contributed by atoms with Crippen molar-refractivity contribution in [3.63, 3.8) is 0 Å². The van der Waals surface area contributed by atoms with E-state index in [1.165, 1.54) is 10.4 Å². The van der Waals surface area contributed by atoms with Crippen molar-refractivity contribution in [1.82, 2.24) is 20.2 Å². The number of anilines is 1. The van der Waals surface area contributed by atoms with Gasteiger partial charge in [-0.05, 0) is 48.4 Å². The van der Waals surface area contributed by atoms with E-state index in [0.717, 1.165) is 17.7 Å². The van der Waals surface area contributed by atoms with Crippen LogP contribution in [0.25, 0.3) is 11.4 Å². The summed E-state index contributed by atoms with van der Waals surface area (Å²) in [5.41, 5.74) is 2.87. The molecule has 1 aliphatic rings. The second kappa shape index (κ2) is 7.30. The van der Waals surface area contributed by atoms with Crippen LogP contribution in [0.2, 0.25) is 0 Å². The molecular weight excluding hydrogens is 358 g/mol. The third kappa shape index (κ3) is 3.17. The molecule has 2 heterocycles. The van der Waals surface area contributed by atoms with Crippen LogP contribution < -0.4 is 14.4 Å². The van der Waals surface area contributed by atoms with Gasteiger partial charge >= 0.3 is 0 Å². The molecular formula is C20H21N5O3. The monoisotopic (exact) mass is 379 g/mol. The van der Waals surface area contributed by atoms with Crippen molar-refractivity contribution >= 4 is 11.6 Å². The minimum Gasteiger partial charge on any atom is -0.493 e. The molecule has 2 aromatic carbocycles. The van der Waals surface area contributed by atoms with E-state index in [4.69, 9.17) is 9.47 Å². The SMILES string of the molecule is COc1ccc(-c2nnn(CC(=O)N3c4ccccc4C[C@@H]3C)n2)cc1OC. The summed E-state index contributed by atoms with van der Waals surface area (Å²) >= 11 is 0. The Morgan fingerprint density at radius 2 is 1.93 bits per heavy atom. The van der Waals surface area contributed by atoms with Gasteiger partial charge in [0.2, 0.25) is 5.82 Å². The zero-order chi connectivity index (χ0) is 19.7. The molecule has 8 heteroatoms. The molecule has 28 heavy (non-hydrogen) atoms. The predicted molar refractivity (Wildman–Crippen MR) is 103 cm³/mol. The molecule has 0 unspecified atom stereocenters. The van der Waals surface area contributed by atoms with Gasteiger partial charge in [0.25, 0.3) is 5.91 Å². The number of carbonyl (C=O) groups is 1. The van der Waals surface area contributed by atoms with E-state index in [1.807, 2.05) is 36.1 Å². The number of benzene rings is 2. The molecule has 0 N–H and O–H groups in total. The number of carbonyl (C=O) groups excluding carboxylic acids is 1. The molecule has 0 fully saturated rings. The van der Waals surface area contributed by atoms with E-state index >= 15 is 0 Å². The van der Waals surface area contributed by atoms with Crippen molar-refractivity contribution in [2.45, 2.75) is 25.9 Å². The average Bonchev–Trinajstić information content (AvgIpc) is 3.30. The molecule has 1 atom stereocenters. The van der Waals surface area contributed by atoms with Gasteiger partial charge in [0.15, 0.2) is 11.5 Å². The first-order valence-corrected chi connectivity index (χ1v) is 9.01. The topological polar surface area (TPSA) is 82.4 Å². The Bertz CT molecular complexity index is 1020. The van der Waals surface area contributed by atoms with Crippen LogP contribution in [0.4, 0.5) is 5.69 Å². The molecule has 3 aromatic rings. The largest absolute Gasteiger partial charge is 0.493 e. The number of nitrogens with zero attached hydrogens (tertiary/aromatic N) is 5. The molecule has 0 saturated carbocycles. The van der Waals surface area contributed by atoms with Gasteiger partial charge in [0.1, 0.15) is 6.54 Å². The zero-order valence-electron chi connectivity index (χ0n) is 16.0. The maximum Gasteiger partial charge on any atom is 0.250 e. The van der Waals surface area contributed by atoms with Crippen LogP contribution in [0, 0.1) is 0 Å². The lowest BCUT2D eigenvalue weighted by molar-refractivity contribution is -0.119. The number of tetrazole rings is 1. The zero-order valence-corrected chi connectivity index (χ0v) is 16.0. The van der Waals surface area contributed by atoms with Gasteiger partial charge in [-0.1, -0.05) is 18.2 Å². The molecule has 0 saturated heterocycles. The summed E-state index contributed by atoms with van der Waals surface area (Å²) in [7, 11) is 3.15. The summed E-state index contributed by atoms with van der Waals surface area (Å²) in [6.45, 7) is 2.07. The number of aromatic nitrogens is 4. The first-order valence-electron chi connectivity index (χ1n) is 9.01. The second-order valence-electron chi connectivity index (χ2n) is 6.66. The number of methoxy groups -OCH3 is 2. The summed E-state index contributed by atoms with van der Waals surface area (Å²) in [5.74, 6) is 1.56. The van der Waals surface area contributed by atoms with E-state index in [0.29, 0.717) is 17.3 Å². The number of para-hydroxylation sites is 1. The Labute approximate surface area is 162 Å². The van der Waals surface area contributed by atoms with Gasteiger partial charge in [-0.25, -0.2) is 0 Å². The number of fused-ring (bicyclic) bond motifs is 1. The highest BCUT2D eigenvalue weighted by atomic mass is 16.5. The standard InChI is InChI=1S/C20H21N5O3/c1-13-10-14-6-4-5-7-16(14)25(13)19(26)12-24-22-20(21-23-24)15-8-9-17(27-2)18(11-15)28-3/h4-9,11,13H,10,12H2,1-3H3/t13-/m0/s1. The minimum atomic E-state index is -0.0614. The molecule has 0 radical (unpaired) electrons. The van der Waals surface area contributed by atoms with E-state index < -0.39 is 0 Å². The first-order chi connectivity index (χ1) is 13.6. The Kier molecular flexibility index (Phi) is 4.68. The van der Waals surface area contributed by atoms with Crippen LogP contribution in [0.15, 0.2) is 42.5 Å². The highest BCUT2D eigenvalue weighted by Crippen LogP contribution is 2.32. The van der Waals surface area contributed by atoms with Crippen molar-refractivity contribution < 1.29 is 14.3 Å². The molecule has 0 aliphatic carbocycles. The fraction of sp³-hybridized carbons (Fsp3) is 0.300. The number of rotatable bonds is 5. The Morgan fingerprint density at radius 3 is 2.71 bits per heavy atom. The third-order valence-corrected chi connectivity index (χ3v) is 4.85. The highest BCUT2D eigenvalue weighted by molar-refractivity contribution is 5.95. The summed E-state index contributed by atoms with van der Waals surface area (Å²) in [6, 6.07) is 13.5. The molecule has 1 aromatic heterocycles. The maximum atomic E-state index is 12.9. The fourth-order valence-corrected chi connectivity index (χ4v) is 3.54. The van der Waals surface area contributed by atoms with Gasteiger partial charge in [0, 0.05) is 17.3 Å². The van der Waals surface area contributed by atoms with E-state index in [2.05, 4.69) is 21.5 Å². The normalized spacial score (nSPS) is 15.4. The molecule has 1 aliphatic heterocycles. The van der Waals surface area contributed by atoms with E-state index in [9.17, 15) is 4.79 Å². The van der Waals surface area contributed by atoms with Crippen LogP contribution in [0.5, 0.6) is 11.5 Å². The van der Waals surface area contributed by atoms with Gasteiger partial charge in [0.05, 0.1) is 14.2 Å². The van der Waals surface area contributed by atoms with Crippen molar-refractivity contribution in [3.05, 3.63) is 48.0 Å². The van der Waals surface area contributed by atoms with Gasteiger partial charge < -0.3 is 14.4 Å². The average molecular weight is 379 g/mol. The van der Waals surface area contributed by atoms with Crippen LogP contribution in [-0.2, 0) is 17.8 Å². The Balaban J connectivity index is 1.53. The lowest BCUT2D eigenvalue weighted by Gasteiger charge is -2.22. The maximum absolute atomic E-state index is 12.9. The van der Waals surface area contributed by atoms with Crippen LogP contribution in [0.1, 0.15) is 12.5 Å². The fourth-order valence-electron chi connectivity index (χ4n) is 3.54. The third-order valence-electron chi connectivity index (χ3n) is 4.85. The predicted octanol–water partition coefficient (Wildman–Crippen LogP) is 2.34. The summed E-state index contributed by atoms with van der Waals surface area (Å²) in [6.07, 6.45) is 0.851. The first kappa shape index (κ1) is 18.0. The molecule has 144 valence electrons. The number of ether oxygens (including phenoxy) is 2. The summed E-state index contributed by atoms with van der Waals surface area (Å²) < 4.78 is 10.6. The number of amides is 1. The van der Waals surface area contributed by atoms with Gasteiger partial charge in [-0.2, -0.15) is 4.80 Å². The van der Waals surface area contributed by atoms with Crippen molar-refractivity contribution in [2.75, 3.05) is 19.1 Å².